The van der Waals surface area contributed by atoms with Crippen molar-refractivity contribution in [2.24, 2.45) is 0 Å². The predicted molar refractivity (Wildman–Crippen MR) is 91.5 cm³/mol. The molecule has 4 nitrogen and oxygen atoms in total. The number of imidazole rings is 1. The van der Waals surface area contributed by atoms with Gasteiger partial charge in [-0.05, 0) is 23.8 Å². The van der Waals surface area contributed by atoms with Gasteiger partial charge in [0.25, 0.3) is 0 Å². The van der Waals surface area contributed by atoms with Crippen molar-refractivity contribution in [1.29, 1.82) is 5.26 Å². The van der Waals surface area contributed by atoms with E-state index in [0.29, 0.717) is 17.1 Å². The van der Waals surface area contributed by atoms with Crippen LogP contribution >= 0.6 is 11.6 Å². The monoisotopic (exact) mass is 324 g/mol. The number of nitrogens with zero attached hydrogens (tertiary/aromatic N) is 4. The third-order valence-electron chi connectivity index (χ3n) is 3.65. The first-order valence-electron chi connectivity index (χ1n) is 7.40. The molecular weight excluding hydrogens is 308 g/mol. The van der Waals surface area contributed by atoms with Crippen molar-refractivity contribution in [2.45, 2.75) is 32.7 Å². The molecule has 3 aromatic rings. The molecular formula is C18H17ClN4. The molecule has 23 heavy (non-hydrogen) atoms. The molecule has 116 valence electrons. The van der Waals surface area contributed by atoms with Crippen molar-refractivity contribution in [3.8, 4) is 6.07 Å². The summed E-state index contributed by atoms with van der Waals surface area (Å²) in [4.78, 5) is 9.20. The van der Waals surface area contributed by atoms with Crippen LogP contribution in [0.2, 0.25) is 5.02 Å². The van der Waals surface area contributed by atoms with Crippen LogP contribution < -0.4 is 0 Å². The van der Waals surface area contributed by atoms with E-state index in [4.69, 9.17) is 21.8 Å². The fraction of sp³-hybridized carbons (Fsp3) is 0.278. The minimum Gasteiger partial charge on any atom is -0.308 e. The summed E-state index contributed by atoms with van der Waals surface area (Å²) in [5, 5.41) is 9.50. The first kappa shape index (κ1) is 15.5. The molecule has 1 aromatic carbocycles. The lowest BCUT2D eigenvalue weighted by Gasteiger charge is -2.20. The lowest BCUT2D eigenvalue weighted by Crippen LogP contribution is -2.19. The van der Waals surface area contributed by atoms with Gasteiger partial charge < -0.3 is 4.57 Å². The molecule has 2 heterocycles. The van der Waals surface area contributed by atoms with Crippen LogP contribution in [0.25, 0.3) is 11.2 Å². The molecule has 2 aromatic heterocycles. The molecule has 0 saturated heterocycles. The average Bonchev–Trinajstić information content (AvgIpc) is 2.86. The van der Waals surface area contributed by atoms with Crippen molar-refractivity contribution >= 4 is 22.8 Å². The largest absolute Gasteiger partial charge is 0.308 e. The molecule has 0 atom stereocenters. The number of hydrogen-bond acceptors (Lipinski definition) is 3. The summed E-state index contributed by atoms with van der Waals surface area (Å²) >= 11 is 6.05. The van der Waals surface area contributed by atoms with E-state index in [-0.39, 0.29) is 5.41 Å². The van der Waals surface area contributed by atoms with Crippen LogP contribution in [0.3, 0.4) is 0 Å². The second-order valence-electron chi connectivity index (χ2n) is 6.58. The third-order valence-corrected chi connectivity index (χ3v) is 3.85. The van der Waals surface area contributed by atoms with Gasteiger partial charge in [0.1, 0.15) is 11.3 Å². The minimum absolute atomic E-state index is 0.111. The molecule has 0 fully saturated rings. The maximum Gasteiger partial charge on any atom is 0.160 e. The van der Waals surface area contributed by atoms with Gasteiger partial charge in [0.2, 0.25) is 0 Å². The van der Waals surface area contributed by atoms with Crippen molar-refractivity contribution in [2.75, 3.05) is 0 Å². The summed E-state index contributed by atoms with van der Waals surface area (Å²) < 4.78 is 2.12. The number of hydrogen-bond donors (Lipinski definition) is 0. The summed E-state index contributed by atoms with van der Waals surface area (Å²) in [6.07, 6.45) is 1.65. The first-order valence-corrected chi connectivity index (χ1v) is 7.77. The highest BCUT2D eigenvalue weighted by Gasteiger charge is 2.23. The zero-order valence-electron chi connectivity index (χ0n) is 13.3. The van der Waals surface area contributed by atoms with Crippen LogP contribution in [0, 0.1) is 11.3 Å². The molecule has 0 saturated carbocycles. The molecule has 0 radical (unpaired) electrons. The lowest BCUT2D eigenvalue weighted by molar-refractivity contribution is 0.515. The Labute approximate surface area is 140 Å². The number of fused-ring (bicyclic) bond motifs is 1. The standard InChI is InChI=1S/C18H17ClN4/c1-18(2,3)17-22-15-8-14(19)10-21-16(15)23(17)11-13-6-4-12(9-20)5-7-13/h4-8,10H,11H2,1-3H3. The van der Waals surface area contributed by atoms with Gasteiger partial charge in [0, 0.05) is 11.6 Å². The Morgan fingerprint density at radius 2 is 1.91 bits per heavy atom. The second-order valence-corrected chi connectivity index (χ2v) is 7.01. The molecule has 0 aliphatic rings. The highest BCUT2D eigenvalue weighted by atomic mass is 35.5. The molecule has 5 heteroatoms. The Morgan fingerprint density at radius 1 is 1.22 bits per heavy atom. The average molecular weight is 325 g/mol. The number of aromatic nitrogens is 3. The van der Waals surface area contributed by atoms with Gasteiger partial charge in [0.05, 0.1) is 23.2 Å². The van der Waals surface area contributed by atoms with Gasteiger partial charge in [-0.2, -0.15) is 5.26 Å². The number of halogens is 1. The van der Waals surface area contributed by atoms with Crippen molar-refractivity contribution < 1.29 is 0 Å². The smallest absolute Gasteiger partial charge is 0.160 e. The molecule has 0 spiro atoms. The first-order chi connectivity index (χ1) is 10.9. The molecule has 0 aliphatic heterocycles. The fourth-order valence-electron chi connectivity index (χ4n) is 2.58. The van der Waals surface area contributed by atoms with Gasteiger partial charge in [0.15, 0.2) is 5.65 Å². The van der Waals surface area contributed by atoms with Crippen molar-refractivity contribution in [1.82, 2.24) is 14.5 Å². The SMILES string of the molecule is CC(C)(C)c1nc2cc(Cl)cnc2n1Cc1ccc(C#N)cc1. The van der Waals surface area contributed by atoms with Crippen LogP contribution in [0.15, 0.2) is 36.5 Å². The zero-order chi connectivity index (χ0) is 16.6. The summed E-state index contributed by atoms with van der Waals surface area (Å²) in [7, 11) is 0. The predicted octanol–water partition coefficient (Wildman–Crippen LogP) is 4.30. The van der Waals surface area contributed by atoms with Gasteiger partial charge in [-0.15, -0.1) is 0 Å². The van der Waals surface area contributed by atoms with Gasteiger partial charge in [-0.3, -0.25) is 0 Å². The molecule has 0 unspecified atom stereocenters. The van der Waals surface area contributed by atoms with E-state index in [2.05, 4.69) is 36.4 Å². The normalized spacial score (nSPS) is 11.6. The molecule has 0 N–H and O–H groups in total. The van der Waals surface area contributed by atoms with E-state index in [9.17, 15) is 0 Å². The second kappa shape index (κ2) is 5.68. The zero-order valence-corrected chi connectivity index (χ0v) is 14.1. The quantitative estimate of drug-likeness (QED) is 0.706. The van der Waals surface area contributed by atoms with E-state index in [1.807, 2.05) is 30.3 Å². The van der Waals surface area contributed by atoms with Gasteiger partial charge in [-0.25, -0.2) is 9.97 Å². The van der Waals surface area contributed by atoms with E-state index in [1.165, 1.54) is 0 Å². The van der Waals surface area contributed by atoms with E-state index < -0.39 is 0 Å². The number of benzene rings is 1. The van der Waals surface area contributed by atoms with E-state index >= 15 is 0 Å². The fourth-order valence-corrected chi connectivity index (χ4v) is 2.73. The third kappa shape index (κ3) is 3.06. The Bertz CT molecular complexity index is 896. The van der Waals surface area contributed by atoms with Crippen LogP contribution in [-0.2, 0) is 12.0 Å². The van der Waals surface area contributed by atoms with Crippen LogP contribution in [-0.4, -0.2) is 14.5 Å². The summed E-state index contributed by atoms with van der Waals surface area (Å²) in [6.45, 7) is 7.05. The van der Waals surface area contributed by atoms with Crippen LogP contribution in [0.4, 0.5) is 0 Å². The number of rotatable bonds is 2. The Balaban J connectivity index is 2.12. The van der Waals surface area contributed by atoms with E-state index in [0.717, 1.165) is 22.6 Å². The number of pyridine rings is 1. The molecule has 3 rings (SSSR count). The minimum atomic E-state index is -0.111. The van der Waals surface area contributed by atoms with E-state index in [1.54, 1.807) is 6.20 Å². The summed E-state index contributed by atoms with van der Waals surface area (Å²) in [5.74, 6) is 0.964. The van der Waals surface area contributed by atoms with Gasteiger partial charge in [-0.1, -0.05) is 44.5 Å². The maximum atomic E-state index is 8.92. The molecule has 0 bridgehead atoms. The Morgan fingerprint density at radius 3 is 2.52 bits per heavy atom. The Hall–Kier alpha value is -2.38. The molecule has 0 aliphatic carbocycles. The lowest BCUT2D eigenvalue weighted by atomic mass is 9.95. The van der Waals surface area contributed by atoms with Crippen LogP contribution in [0.1, 0.15) is 37.7 Å². The topological polar surface area (TPSA) is 54.5 Å². The molecule has 0 amide bonds. The number of nitriles is 1. The summed E-state index contributed by atoms with van der Waals surface area (Å²) in [6, 6.07) is 11.6. The highest BCUT2D eigenvalue weighted by Crippen LogP contribution is 2.27. The van der Waals surface area contributed by atoms with Crippen molar-refractivity contribution in [3.05, 3.63) is 58.5 Å². The van der Waals surface area contributed by atoms with Gasteiger partial charge >= 0.3 is 0 Å². The highest BCUT2D eigenvalue weighted by molar-refractivity contribution is 6.31. The van der Waals surface area contributed by atoms with Crippen molar-refractivity contribution in [3.63, 3.8) is 0 Å². The van der Waals surface area contributed by atoms with Crippen LogP contribution in [0.5, 0.6) is 0 Å². The maximum absolute atomic E-state index is 8.92. The summed E-state index contributed by atoms with van der Waals surface area (Å²) in [5.41, 5.74) is 3.27. The Kier molecular flexibility index (Phi) is 3.83.